The molecule has 108 valence electrons. The summed E-state index contributed by atoms with van der Waals surface area (Å²) in [7, 11) is 1.33. The van der Waals surface area contributed by atoms with Crippen LogP contribution in [-0.4, -0.2) is 31.4 Å². The number of hydrogen-bond acceptors (Lipinski definition) is 4. The fraction of sp³-hybridized carbons (Fsp3) is 0.500. The van der Waals surface area contributed by atoms with Gasteiger partial charge in [0.25, 0.3) is 0 Å². The normalized spacial score (nSPS) is 19.1. The highest BCUT2D eigenvalue weighted by Gasteiger charge is 2.51. The first kappa shape index (κ1) is 13.0. The van der Waals surface area contributed by atoms with E-state index in [1.165, 1.54) is 13.2 Å². The lowest BCUT2D eigenvalue weighted by atomic mass is 9.63. The number of rotatable bonds is 3. The molecule has 0 saturated heterocycles. The molecular weight excluding hydrogens is 267 g/mol. The number of fused-ring (bicyclic) bond motifs is 1. The average Bonchev–Trinajstić information content (AvgIpc) is 2.36. The van der Waals surface area contributed by atoms with Gasteiger partial charge in [-0.05, 0) is 12.8 Å². The maximum absolute atomic E-state index is 14.1. The standard InChI is InChI=1S/C14H15FO5/c1-18-11-8(15)7-9-12(20-6-5-19-9)10(11)14(13(16)17)3-2-4-14/h7H,2-6H2,1H3,(H,16,17). The van der Waals surface area contributed by atoms with Gasteiger partial charge in [0.2, 0.25) is 0 Å². The van der Waals surface area contributed by atoms with Crippen molar-refractivity contribution in [2.75, 3.05) is 20.3 Å². The van der Waals surface area contributed by atoms with E-state index in [2.05, 4.69) is 0 Å². The minimum atomic E-state index is -1.14. The zero-order valence-electron chi connectivity index (χ0n) is 11.1. The Hall–Kier alpha value is -1.98. The van der Waals surface area contributed by atoms with Gasteiger partial charge in [0.05, 0.1) is 12.7 Å². The van der Waals surface area contributed by atoms with E-state index in [4.69, 9.17) is 14.2 Å². The van der Waals surface area contributed by atoms with Crippen LogP contribution in [0, 0.1) is 5.82 Å². The number of carbonyl (C=O) groups is 1. The molecule has 1 N–H and O–H groups in total. The largest absolute Gasteiger partial charge is 0.493 e. The summed E-state index contributed by atoms with van der Waals surface area (Å²) < 4.78 is 30.2. The molecule has 1 fully saturated rings. The monoisotopic (exact) mass is 282 g/mol. The van der Waals surface area contributed by atoms with Crippen LogP contribution in [0.1, 0.15) is 24.8 Å². The number of benzene rings is 1. The van der Waals surface area contributed by atoms with Crippen molar-refractivity contribution in [3.63, 3.8) is 0 Å². The molecule has 0 unspecified atom stereocenters. The first-order chi connectivity index (χ1) is 9.60. The number of methoxy groups -OCH3 is 1. The molecule has 1 heterocycles. The molecule has 5 nitrogen and oxygen atoms in total. The number of carboxylic acid groups (broad SMARTS) is 1. The van der Waals surface area contributed by atoms with Gasteiger partial charge in [-0.25, -0.2) is 4.39 Å². The van der Waals surface area contributed by atoms with Gasteiger partial charge in [0.1, 0.15) is 18.6 Å². The fourth-order valence-corrected chi connectivity index (χ4v) is 2.87. The zero-order chi connectivity index (χ0) is 14.3. The maximum atomic E-state index is 14.1. The lowest BCUT2D eigenvalue weighted by Crippen LogP contribution is -2.43. The third kappa shape index (κ3) is 1.63. The molecule has 1 aliphatic carbocycles. The van der Waals surface area contributed by atoms with E-state index < -0.39 is 17.2 Å². The van der Waals surface area contributed by atoms with Crippen LogP contribution in [-0.2, 0) is 10.2 Å². The summed E-state index contributed by atoms with van der Waals surface area (Å²) in [6, 6.07) is 1.19. The van der Waals surface area contributed by atoms with Crippen LogP contribution in [0.25, 0.3) is 0 Å². The van der Waals surface area contributed by atoms with E-state index in [0.717, 1.165) is 6.42 Å². The highest BCUT2D eigenvalue weighted by atomic mass is 19.1. The van der Waals surface area contributed by atoms with Crippen molar-refractivity contribution < 1.29 is 28.5 Å². The fourth-order valence-electron chi connectivity index (χ4n) is 2.87. The minimum absolute atomic E-state index is 0.0589. The van der Waals surface area contributed by atoms with E-state index >= 15 is 0 Å². The molecule has 0 amide bonds. The van der Waals surface area contributed by atoms with Crippen molar-refractivity contribution in [1.29, 1.82) is 0 Å². The molecule has 2 aliphatic rings. The summed E-state index contributed by atoms with van der Waals surface area (Å²) >= 11 is 0. The van der Waals surface area contributed by atoms with E-state index in [-0.39, 0.29) is 17.1 Å². The van der Waals surface area contributed by atoms with E-state index in [1.54, 1.807) is 0 Å². The van der Waals surface area contributed by atoms with Gasteiger partial charge in [-0.3, -0.25) is 4.79 Å². The molecule has 1 aromatic carbocycles. The van der Waals surface area contributed by atoms with Crippen molar-refractivity contribution >= 4 is 5.97 Å². The molecule has 0 atom stereocenters. The predicted octanol–water partition coefficient (Wildman–Crippen LogP) is 2.11. The summed E-state index contributed by atoms with van der Waals surface area (Å²) in [5, 5.41) is 9.58. The lowest BCUT2D eigenvalue weighted by Gasteiger charge is -2.40. The van der Waals surface area contributed by atoms with E-state index in [9.17, 15) is 14.3 Å². The third-order valence-corrected chi connectivity index (χ3v) is 4.04. The SMILES string of the molecule is COc1c(F)cc2c(c1C1(C(=O)O)CCC1)OCCO2. The van der Waals surface area contributed by atoms with Crippen molar-refractivity contribution in [1.82, 2.24) is 0 Å². The van der Waals surface area contributed by atoms with E-state index in [0.29, 0.717) is 31.8 Å². The Morgan fingerprint density at radius 2 is 2.10 bits per heavy atom. The first-order valence-corrected chi connectivity index (χ1v) is 6.50. The summed E-state index contributed by atoms with van der Waals surface area (Å²) in [6.45, 7) is 0.628. The molecule has 1 aliphatic heterocycles. The predicted molar refractivity (Wildman–Crippen MR) is 67.1 cm³/mol. The van der Waals surface area contributed by atoms with Crippen molar-refractivity contribution in [2.24, 2.45) is 0 Å². The molecule has 0 bridgehead atoms. The summed E-state index contributed by atoms with van der Waals surface area (Å²) in [4.78, 5) is 11.7. The molecular formula is C14H15FO5. The van der Waals surface area contributed by atoms with Crippen LogP contribution in [0.3, 0.4) is 0 Å². The molecule has 1 aromatic rings. The Kier molecular flexibility index (Phi) is 2.96. The molecule has 0 spiro atoms. The van der Waals surface area contributed by atoms with Gasteiger partial charge in [-0.15, -0.1) is 0 Å². The van der Waals surface area contributed by atoms with Gasteiger partial charge in [-0.2, -0.15) is 0 Å². The van der Waals surface area contributed by atoms with Crippen LogP contribution in [0.2, 0.25) is 0 Å². The van der Waals surface area contributed by atoms with Crippen LogP contribution in [0.4, 0.5) is 4.39 Å². The van der Waals surface area contributed by atoms with Gasteiger partial charge in [-0.1, -0.05) is 6.42 Å². The van der Waals surface area contributed by atoms with Crippen LogP contribution in [0.5, 0.6) is 17.2 Å². The maximum Gasteiger partial charge on any atom is 0.314 e. The van der Waals surface area contributed by atoms with Crippen molar-refractivity contribution in [3.8, 4) is 17.2 Å². The molecule has 3 rings (SSSR count). The first-order valence-electron chi connectivity index (χ1n) is 6.50. The second kappa shape index (κ2) is 4.54. The van der Waals surface area contributed by atoms with Crippen LogP contribution in [0.15, 0.2) is 6.07 Å². The number of aliphatic carboxylic acids is 1. The molecule has 20 heavy (non-hydrogen) atoms. The number of carboxylic acids is 1. The average molecular weight is 282 g/mol. The molecule has 0 aromatic heterocycles. The number of hydrogen-bond donors (Lipinski definition) is 1. The number of halogens is 1. The summed E-state index contributed by atoms with van der Waals surface area (Å²) in [5.74, 6) is -1.12. The molecule has 0 radical (unpaired) electrons. The van der Waals surface area contributed by atoms with E-state index in [1.807, 2.05) is 0 Å². The minimum Gasteiger partial charge on any atom is -0.493 e. The summed E-state index contributed by atoms with van der Waals surface area (Å²) in [5.41, 5.74) is -0.869. The van der Waals surface area contributed by atoms with Crippen molar-refractivity contribution in [2.45, 2.75) is 24.7 Å². The summed E-state index contributed by atoms with van der Waals surface area (Å²) in [6.07, 6.45) is 1.66. The molecule has 6 heteroatoms. The molecule has 1 saturated carbocycles. The van der Waals surface area contributed by atoms with Gasteiger partial charge >= 0.3 is 5.97 Å². The zero-order valence-corrected chi connectivity index (χ0v) is 11.1. The van der Waals surface area contributed by atoms with Gasteiger partial charge in [0.15, 0.2) is 23.1 Å². The smallest absolute Gasteiger partial charge is 0.314 e. The van der Waals surface area contributed by atoms with Crippen molar-refractivity contribution in [3.05, 3.63) is 17.4 Å². The third-order valence-electron chi connectivity index (χ3n) is 4.04. The Morgan fingerprint density at radius 3 is 2.65 bits per heavy atom. The highest BCUT2D eigenvalue weighted by Crippen LogP contribution is 2.54. The van der Waals surface area contributed by atoms with Crippen LogP contribution < -0.4 is 14.2 Å². The van der Waals surface area contributed by atoms with Gasteiger partial charge in [0, 0.05) is 6.07 Å². The quantitative estimate of drug-likeness (QED) is 0.919. The topological polar surface area (TPSA) is 65.0 Å². The number of ether oxygens (including phenoxy) is 3. The van der Waals surface area contributed by atoms with Crippen LogP contribution >= 0.6 is 0 Å². The van der Waals surface area contributed by atoms with Gasteiger partial charge < -0.3 is 19.3 Å². The second-order valence-corrected chi connectivity index (χ2v) is 5.03. The Bertz CT molecular complexity index is 565. The lowest BCUT2D eigenvalue weighted by molar-refractivity contribution is -0.147. The Morgan fingerprint density at radius 1 is 1.40 bits per heavy atom. The Labute approximate surface area is 115 Å². The second-order valence-electron chi connectivity index (χ2n) is 5.03. The highest BCUT2D eigenvalue weighted by molar-refractivity contribution is 5.86. The Balaban J connectivity index is 2.26.